The summed E-state index contributed by atoms with van der Waals surface area (Å²) in [6.45, 7) is 3.68. The lowest BCUT2D eigenvalue weighted by molar-refractivity contribution is 0.196. The zero-order valence-corrected chi connectivity index (χ0v) is 15.4. The van der Waals surface area contributed by atoms with Crippen LogP contribution in [0.3, 0.4) is 0 Å². The van der Waals surface area contributed by atoms with Gasteiger partial charge in [-0.05, 0) is 45.3 Å². The summed E-state index contributed by atoms with van der Waals surface area (Å²) < 4.78 is 5.64. The molecule has 136 valence electrons. The number of amides is 2. The number of nitrogens with one attached hydrogen (secondary N) is 1. The molecule has 0 unspecified atom stereocenters. The van der Waals surface area contributed by atoms with Crippen LogP contribution in [0.1, 0.15) is 11.5 Å². The molecule has 3 rings (SSSR count). The van der Waals surface area contributed by atoms with Crippen LogP contribution >= 0.6 is 0 Å². The maximum Gasteiger partial charge on any atom is 0.322 e. The van der Waals surface area contributed by atoms with Gasteiger partial charge in [-0.3, -0.25) is 4.98 Å². The SMILES string of the molecule is Cc1ccc(CN(CCN(C)C)C(=O)Nc2cccc3cccnc23)o1. The average molecular weight is 352 g/mol. The second-order valence-corrected chi connectivity index (χ2v) is 6.55. The van der Waals surface area contributed by atoms with E-state index in [1.165, 1.54) is 0 Å². The lowest BCUT2D eigenvalue weighted by Gasteiger charge is -2.24. The summed E-state index contributed by atoms with van der Waals surface area (Å²) in [5.41, 5.74) is 1.49. The van der Waals surface area contributed by atoms with Gasteiger partial charge < -0.3 is 19.5 Å². The molecule has 0 aliphatic rings. The minimum atomic E-state index is -0.168. The molecular weight excluding hydrogens is 328 g/mol. The van der Waals surface area contributed by atoms with Crippen LogP contribution in [-0.4, -0.2) is 48.0 Å². The normalized spacial score (nSPS) is 11.1. The van der Waals surface area contributed by atoms with Crippen molar-refractivity contribution in [2.75, 3.05) is 32.5 Å². The third-order valence-corrected chi connectivity index (χ3v) is 4.12. The number of aryl methyl sites for hydroxylation is 1. The first-order valence-corrected chi connectivity index (χ1v) is 8.62. The third kappa shape index (κ3) is 4.40. The van der Waals surface area contributed by atoms with Crippen LogP contribution in [0.15, 0.2) is 53.1 Å². The summed E-state index contributed by atoms with van der Waals surface area (Å²) in [6.07, 6.45) is 1.73. The molecule has 6 nitrogen and oxygen atoms in total. The van der Waals surface area contributed by atoms with Crippen molar-refractivity contribution in [1.29, 1.82) is 0 Å². The number of furan rings is 1. The monoisotopic (exact) mass is 352 g/mol. The van der Waals surface area contributed by atoms with Crippen LogP contribution < -0.4 is 5.32 Å². The standard InChI is InChI=1S/C20H24N4O2/c1-15-9-10-17(26-15)14-24(13-12-23(2)3)20(25)22-18-8-4-6-16-7-5-11-21-19(16)18/h4-11H,12-14H2,1-3H3,(H,22,25). The Balaban J connectivity index is 1.79. The van der Waals surface area contributed by atoms with Crippen molar-refractivity contribution < 1.29 is 9.21 Å². The number of hydrogen-bond donors (Lipinski definition) is 1. The van der Waals surface area contributed by atoms with E-state index in [9.17, 15) is 4.79 Å². The summed E-state index contributed by atoms with van der Waals surface area (Å²) in [5, 5.41) is 3.99. The Kier molecular flexibility index (Phi) is 5.53. The highest BCUT2D eigenvalue weighted by Crippen LogP contribution is 2.21. The molecule has 2 aromatic heterocycles. The van der Waals surface area contributed by atoms with Gasteiger partial charge in [0, 0.05) is 24.7 Å². The fourth-order valence-electron chi connectivity index (χ4n) is 2.73. The van der Waals surface area contributed by atoms with Gasteiger partial charge in [0.25, 0.3) is 0 Å². The van der Waals surface area contributed by atoms with Crippen LogP contribution in [0.5, 0.6) is 0 Å². The van der Waals surface area contributed by atoms with Crippen molar-refractivity contribution in [2.45, 2.75) is 13.5 Å². The van der Waals surface area contributed by atoms with E-state index in [0.717, 1.165) is 29.0 Å². The van der Waals surface area contributed by atoms with Gasteiger partial charge in [-0.25, -0.2) is 4.79 Å². The molecular formula is C20H24N4O2. The molecule has 2 heterocycles. The van der Waals surface area contributed by atoms with E-state index in [2.05, 4.69) is 10.3 Å². The molecule has 0 spiro atoms. The van der Waals surface area contributed by atoms with Gasteiger partial charge in [0.05, 0.1) is 17.7 Å². The molecule has 0 saturated heterocycles. The minimum absolute atomic E-state index is 0.168. The minimum Gasteiger partial charge on any atom is -0.464 e. The number of likely N-dealkylation sites (N-methyl/N-ethyl adjacent to an activating group) is 1. The largest absolute Gasteiger partial charge is 0.464 e. The van der Waals surface area contributed by atoms with Crippen molar-refractivity contribution in [3.63, 3.8) is 0 Å². The highest BCUT2D eigenvalue weighted by molar-refractivity contribution is 5.99. The number of aromatic nitrogens is 1. The number of para-hydroxylation sites is 1. The summed E-state index contributed by atoms with van der Waals surface area (Å²) in [6, 6.07) is 13.3. The molecule has 0 fully saturated rings. The zero-order valence-electron chi connectivity index (χ0n) is 15.4. The summed E-state index contributed by atoms with van der Waals surface area (Å²) in [5.74, 6) is 1.61. The predicted molar refractivity (Wildman–Crippen MR) is 103 cm³/mol. The molecule has 1 N–H and O–H groups in total. The number of nitrogens with zero attached hydrogens (tertiary/aromatic N) is 3. The number of pyridine rings is 1. The lowest BCUT2D eigenvalue weighted by atomic mass is 10.2. The number of carbonyl (C=O) groups excluding carboxylic acids is 1. The fraction of sp³-hybridized carbons (Fsp3) is 0.300. The molecule has 0 saturated carbocycles. The summed E-state index contributed by atoms with van der Waals surface area (Å²) in [4.78, 5) is 21.1. The number of fused-ring (bicyclic) bond motifs is 1. The summed E-state index contributed by atoms with van der Waals surface area (Å²) in [7, 11) is 3.98. The number of urea groups is 1. The maximum absolute atomic E-state index is 12.9. The highest BCUT2D eigenvalue weighted by atomic mass is 16.3. The maximum atomic E-state index is 12.9. The number of hydrogen-bond acceptors (Lipinski definition) is 4. The van der Waals surface area contributed by atoms with Gasteiger partial charge in [-0.15, -0.1) is 0 Å². The third-order valence-electron chi connectivity index (χ3n) is 4.12. The van der Waals surface area contributed by atoms with Gasteiger partial charge in [-0.2, -0.15) is 0 Å². The molecule has 0 bridgehead atoms. The van der Waals surface area contributed by atoms with E-state index in [-0.39, 0.29) is 6.03 Å². The van der Waals surface area contributed by atoms with E-state index < -0.39 is 0 Å². The Morgan fingerprint density at radius 1 is 1.12 bits per heavy atom. The second-order valence-electron chi connectivity index (χ2n) is 6.55. The van der Waals surface area contributed by atoms with Gasteiger partial charge in [-0.1, -0.05) is 18.2 Å². The highest BCUT2D eigenvalue weighted by Gasteiger charge is 2.17. The van der Waals surface area contributed by atoms with Crippen LogP contribution in [0.25, 0.3) is 10.9 Å². The molecule has 0 aliphatic heterocycles. The molecule has 0 atom stereocenters. The number of anilines is 1. The van der Waals surface area contributed by atoms with Gasteiger partial charge in [0.15, 0.2) is 0 Å². The second kappa shape index (κ2) is 8.01. The fourth-order valence-corrected chi connectivity index (χ4v) is 2.73. The van der Waals surface area contributed by atoms with Crippen molar-refractivity contribution in [2.24, 2.45) is 0 Å². The van der Waals surface area contributed by atoms with E-state index >= 15 is 0 Å². The van der Waals surface area contributed by atoms with Crippen molar-refractivity contribution >= 4 is 22.6 Å². The number of benzene rings is 1. The Morgan fingerprint density at radius 2 is 1.92 bits per heavy atom. The quantitative estimate of drug-likeness (QED) is 0.734. The van der Waals surface area contributed by atoms with Crippen LogP contribution in [0.4, 0.5) is 10.5 Å². The summed E-state index contributed by atoms with van der Waals surface area (Å²) >= 11 is 0. The van der Waals surface area contributed by atoms with Crippen molar-refractivity contribution in [3.05, 3.63) is 60.2 Å². The predicted octanol–water partition coefficient (Wildman–Crippen LogP) is 3.73. The zero-order chi connectivity index (χ0) is 18.5. The van der Waals surface area contributed by atoms with Crippen LogP contribution in [0.2, 0.25) is 0 Å². The number of carbonyl (C=O) groups is 1. The molecule has 26 heavy (non-hydrogen) atoms. The van der Waals surface area contributed by atoms with Crippen LogP contribution in [-0.2, 0) is 6.54 Å². The number of rotatable bonds is 6. The van der Waals surface area contributed by atoms with E-state index in [1.54, 1.807) is 11.1 Å². The Labute approximate surface area is 153 Å². The Hall–Kier alpha value is -2.86. The van der Waals surface area contributed by atoms with Crippen molar-refractivity contribution in [1.82, 2.24) is 14.8 Å². The van der Waals surface area contributed by atoms with E-state index in [1.807, 2.05) is 68.4 Å². The first-order chi connectivity index (χ1) is 12.5. The van der Waals surface area contributed by atoms with E-state index in [0.29, 0.717) is 18.8 Å². The molecule has 6 heteroatoms. The Bertz CT molecular complexity index is 883. The molecule has 1 aromatic carbocycles. The van der Waals surface area contributed by atoms with Crippen molar-refractivity contribution in [3.8, 4) is 0 Å². The first-order valence-electron chi connectivity index (χ1n) is 8.62. The smallest absolute Gasteiger partial charge is 0.322 e. The molecule has 0 aliphatic carbocycles. The van der Waals surface area contributed by atoms with Gasteiger partial charge in [0.2, 0.25) is 0 Å². The molecule has 0 radical (unpaired) electrons. The van der Waals surface area contributed by atoms with E-state index in [4.69, 9.17) is 4.42 Å². The first kappa shape index (κ1) is 17.9. The van der Waals surface area contributed by atoms with Crippen LogP contribution in [0, 0.1) is 6.92 Å². The molecule has 2 amide bonds. The molecule has 3 aromatic rings. The average Bonchev–Trinajstić information content (AvgIpc) is 3.03. The Morgan fingerprint density at radius 3 is 2.65 bits per heavy atom. The van der Waals surface area contributed by atoms with Gasteiger partial charge in [0.1, 0.15) is 11.5 Å². The van der Waals surface area contributed by atoms with Gasteiger partial charge >= 0.3 is 6.03 Å². The topological polar surface area (TPSA) is 61.6 Å². The lowest BCUT2D eigenvalue weighted by Crippen LogP contribution is -2.39.